The van der Waals surface area contributed by atoms with Gasteiger partial charge in [0.1, 0.15) is 11.9 Å². The monoisotopic (exact) mass is 418 g/mol. The van der Waals surface area contributed by atoms with E-state index < -0.39 is 11.6 Å². The van der Waals surface area contributed by atoms with E-state index in [0.717, 1.165) is 17.1 Å². The van der Waals surface area contributed by atoms with E-state index in [2.05, 4.69) is 4.98 Å². The van der Waals surface area contributed by atoms with E-state index in [9.17, 15) is 9.59 Å². The van der Waals surface area contributed by atoms with Gasteiger partial charge in [-0.1, -0.05) is 12.1 Å². The van der Waals surface area contributed by atoms with Gasteiger partial charge in [0.25, 0.3) is 5.91 Å². The largest absolute Gasteiger partial charge is 0.455 e. The molecule has 7 heteroatoms. The van der Waals surface area contributed by atoms with Crippen molar-refractivity contribution in [3.05, 3.63) is 71.8 Å². The van der Waals surface area contributed by atoms with Crippen LogP contribution in [0.1, 0.15) is 47.3 Å². The minimum absolute atomic E-state index is 0.139. The summed E-state index contributed by atoms with van der Waals surface area (Å²) >= 11 is 0. The predicted octanol–water partition coefficient (Wildman–Crippen LogP) is 4.05. The van der Waals surface area contributed by atoms with Crippen molar-refractivity contribution in [3.63, 3.8) is 0 Å². The highest BCUT2D eigenvalue weighted by Crippen LogP contribution is 2.34. The first-order chi connectivity index (χ1) is 14.7. The molecule has 1 aliphatic heterocycles. The molecule has 0 fully saturated rings. The summed E-state index contributed by atoms with van der Waals surface area (Å²) in [5, 5.41) is 0. The standard InChI is InChI=1S/C24H26N4O3/c1-24(2,3)31-23(30)21-20-14-27(18-8-6-7-9-19(18)28(20)15-25-21)22(29)16-10-12-17(13-11-16)26(4)5/h6-13,15H,14H2,1-5H3. The lowest BCUT2D eigenvalue weighted by molar-refractivity contribution is 0.00617. The zero-order valence-corrected chi connectivity index (χ0v) is 18.4. The summed E-state index contributed by atoms with van der Waals surface area (Å²) in [6, 6.07) is 15.1. The molecule has 0 aliphatic carbocycles. The Morgan fingerprint density at radius 3 is 2.26 bits per heavy atom. The summed E-state index contributed by atoms with van der Waals surface area (Å²) in [5.74, 6) is -0.635. The number of hydrogen-bond donors (Lipinski definition) is 0. The van der Waals surface area contributed by atoms with E-state index in [0.29, 0.717) is 11.3 Å². The van der Waals surface area contributed by atoms with Crippen molar-refractivity contribution in [1.82, 2.24) is 9.55 Å². The third-order valence-corrected chi connectivity index (χ3v) is 5.07. The van der Waals surface area contributed by atoms with Gasteiger partial charge in [0.2, 0.25) is 0 Å². The minimum atomic E-state index is -0.635. The van der Waals surface area contributed by atoms with Crippen molar-refractivity contribution in [3.8, 4) is 5.69 Å². The van der Waals surface area contributed by atoms with E-state index in [1.807, 2.05) is 92.9 Å². The average Bonchev–Trinajstić information content (AvgIpc) is 3.16. The Morgan fingerprint density at radius 2 is 1.65 bits per heavy atom. The quantitative estimate of drug-likeness (QED) is 0.600. The maximum absolute atomic E-state index is 13.5. The fraction of sp³-hybridized carbons (Fsp3) is 0.292. The fourth-order valence-electron chi connectivity index (χ4n) is 3.60. The molecule has 2 aromatic carbocycles. The van der Waals surface area contributed by atoms with Crippen LogP contribution < -0.4 is 9.80 Å². The molecule has 4 rings (SSSR count). The Balaban J connectivity index is 1.74. The summed E-state index contributed by atoms with van der Waals surface area (Å²) in [6.07, 6.45) is 1.61. The van der Waals surface area contributed by atoms with Crippen LogP contribution in [0.2, 0.25) is 0 Å². The Kier molecular flexibility index (Phi) is 5.05. The van der Waals surface area contributed by atoms with E-state index in [1.54, 1.807) is 11.2 Å². The molecule has 1 amide bonds. The first-order valence-electron chi connectivity index (χ1n) is 10.1. The van der Waals surface area contributed by atoms with Crippen molar-refractivity contribution >= 4 is 23.3 Å². The molecular weight excluding hydrogens is 392 g/mol. The van der Waals surface area contributed by atoms with Gasteiger partial charge in [-0.05, 0) is 57.2 Å². The van der Waals surface area contributed by atoms with Crippen molar-refractivity contribution in [2.45, 2.75) is 32.9 Å². The van der Waals surface area contributed by atoms with Crippen LogP contribution in [0.15, 0.2) is 54.9 Å². The number of rotatable bonds is 3. The van der Waals surface area contributed by atoms with Gasteiger partial charge in [0.05, 0.1) is 23.6 Å². The molecule has 0 atom stereocenters. The number of fused-ring (bicyclic) bond motifs is 3. The van der Waals surface area contributed by atoms with Crippen LogP contribution >= 0.6 is 0 Å². The lowest BCUT2D eigenvalue weighted by atomic mass is 10.1. The van der Waals surface area contributed by atoms with E-state index >= 15 is 0 Å². The van der Waals surface area contributed by atoms with Gasteiger partial charge < -0.3 is 14.5 Å². The lowest BCUT2D eigenvalue weighted by Gasteiger charge is -2.31. The number of esters is 1. The molecule has 0 spiro atoms. The van der Waals surface area contributed by atoms with Gasteiger partial charge in [-0.2, -0.15) is 0 Å². The molecule has 0 bridgehead atoms. The molecule has 1 aromatic heterocycles. The Labute approximate surface area is 181 Å². The molecule has 3 aromatic rings. The number of carbonyl (C=O) groups is 2. The van der Waals surface area contributed by atoms with Crippen LogP contribution in [0, 0.1) is 0 Å². The third-order valence-electron chi connectivity index (χ3n) is 5.07. The highest BCUT2D eigenvalue weighted by Gasteiger charge is 2.32. The number of benzene rings is 2. The summed E-state index contributed by atoms with van der Waals surface area (Å²) in [5.41, 5.74) is 3.38. The second-order valence-electron chi connectivity index (χ2n) is 8.73. The molecule has 0 radical (unpaired) electrons. The zero-order valence-electron chi connectivity index (χ0n) is 18.4. The van der Waals surface area contributed by atoms with Crippen LogP contribution in [0.4, 0.5) is 11.4 Å². The third kappa shape index (κ3) is 3.91. The normalized spacial score (nSPS) is 12.7. The number of anilines is 2. The Bertz CT molecular complexity index is 1140. The second-order valence-corrected chi connectivity index (χ2v) is 8.73. The Morgan fingerprint density at radius 1 is 1.00 bits per heavy atom. The van der Waals surface area contributed by atoms with Gasteiger partial charge in [-0.25, -0.2) is 9.78 Å². The van der Waals surface area contributed by atoms with Gasteiger partial charge in [-0.15, -0.1) is 0 Å². The van der Waals surface area contributed by atoms with Gasteiger partial charge in [0.15, 0.2) is 5.69 Å². The fourth-order valence-corrected chi connectivity index (χ4v) is 3.60. The van der Waals surface area contributed by atoms with E-state index in [-0.39, 0.29) is 18.1 Å². The molecule has 0 saturated carbocycles. The number of imidazole rings is 1. The van der Waals surface area contributed by atoms with Gasteiger partial charge in [0, 0.05) is 25.3 Å². The number of aromatic nitrogens is 2. The maximum Gasteiger partial charge on any atom is 0.359 e. The van der Waals surface area contributed by atoms with Crippen molar-refractivity contribution in [2.24, 2.45) is 0 Å². The van der Waals surface area contributed by atoms with Gasteiger partial charge in [-0.3, -0.25) is 9.36 Å². The zero-order chi connectivity index (χ0) is 22.3. The molecule has 0 unspecified atom stereocenters. The summed E-state index contributed by atoms with van der Waals surface area (Å²) < 4.78 is 7.38. The summed E-state index contributed by atoms with van der Waals surface area (Å²) in [4.78, 5) is 34.2. The number of carbonyl (C=O) groups excluding carboxylic acids is 2. The minimum Gasteiger partial charge on any atom is -0.455 e. The van der Waals surface area contributed by atoms with Crippen LogP contribution in [-0.4, -0.2) is 41.1 Å². The van der Waals surface area contributed by atoms with Crippen LogP contribution in [0.25, 0.3) is 5.69 Å². The van der Waals surface area contributed by atoms with Crippen LogP contribution in [0.5, 0.6) is 0 Å². The SMILES string of the molecule is CN(C)c1ccc(C(=O)N2Cc3c(C(=O)OC(C)(C)C)ncn3-c3ccccc32)cc1. The number of ether oxygens (including phenoxy) is 1. The van der Waals surface area contributed by atoms with Crippen LogP contribution in [-0.2, 0) is 11.3 Å². The number of nitrogens with zero attached hydrogens (tertiary/aromatic N) is 4. The van der Waals surface area contributed by atoms with E-state index in [4.69, 9.17) is 4.74 Å². The molecule has 0 N–H and O–H groups in total. The number of para-hydroxylation sites is 2. The highest BCUT2D eigenvalue weighted by molar-refractivity contribution is 6.08. The first-order valence-corrected chi connectivity index (χ1v) is 10.1. The smallest absolute Gasteiger partial charge is 0.359 e. The van der Waals surface area contributed by atoms with Crippen molar-refractivity contribution in [1.29, 1.82) is 0 Å². The number of amides is 1. The summed E-state index contributed by atoms with van der Waals surface area (Å²) in [7, 11) is 3.91. The summed E-state index contributed by atoms with van der Waals surface area (Å²) in [6.45, 7) is 5.67. The lowest BCUT2D eigenvalue weighted by Crippen LogP contribution is -2.36. The molecule has 31 heavy (non-hydrogen) atoms. The molecule has 7 nitrogen and oxygen atoms in total. The topological polar surface area (TPSA) is 67.7 Å². The second kappa shape index (κ2) is 7.58. The maximum atomic E-state index is 13.5. The molecular formula is C24H26N4O3. The van der Waals surface area contributed by atoms with Crippen LogP contribution in [0.3, 0.4) is 0 Å². The molecule has 2 heterocycles. The molecule has 160 valence electrons. The highest BCUT2D eigenvalue weighted by atomic mass is 16.6. The molecule has 1 aliphatic rings. The number of hydrogen-bond acceptors (Lipinski definition) is 5. The predicted molar refractivity (Wildman–Crippen MR) is 120 cm³/mol. The van der Waals surface area contributed by atoms with Gasteiger partial charge >= 0.3 is 5.97 Å². The average molecular weight is 418 g/mol. The molecule has 0 saturated heterocycles. The van der Waals surface area contributed by atoms with E-state index in [1.165, 1.54) is 0 Å². The van der Waals surface area contributed by atoms with Crippen molar-refractivity contribution < 1.29 is 14.3 Å². The Hall–Kier alpha value is -3.61. The van der Waals surface area contributed by atoms with Crippen molar-refractivity contribution in [2.75, 3.05) is 23.9 Å². The first kappa shape index (κ1) is 20.7.